The normalized spacial score (nSPS) is 13.5. The van der Waals surface area contributed by atoms with Crippen LogP contribution >= 0.6 is 0 Å². The van der Waals surface area contributed by atoms with Gasteiger partial charge in [0.1, 0.15) is 0 Å². The van der Waals surface area contributed by atoms with Gasteiger partial charge in [-0.1, -0.05) is 52.0 Å². The highest BCUT2D eigenvalue weighted by atomic mass is 16.3. The van der Waals surface area contributed by atoms with Gasteiger partial charge in [-0.05, 0) is 35.9 Å². The number of hydrogen-bond acceptors (Lipinski definition) is 2. The lowest BCUT2D eigenvalue weighted by molar-refractivity contribution is 0.143. The third-order valence-corrected chi connectivity index (χ3v) is 3.82. The monoisotopic (exact) mass is 263 g/mol. The van der Waals surface area contributed by atoms with Gasteiger partial charge in [0.15, 0.2) is 0 Å². The highest BCUT2D eigenvalue weighted by Crippen LogP contribution is 2.16. The van der Waals surface area contributed by atoms with Gasteiger partial charge >= 0.3 is 0 Å². The van der Waals surface area contributed by atoms with Crippen LogP contribution in [0.5, 0.6) is 0 Å². The van der Waals surface area contributed by atoms with Crippen molar-refractivity contribution in [3.63, 3.8) is 0 Å². The number of benzene rings is 1. The molecule has 108 valence electrons. The average molecular weight is 263 g/mol. The zero-order valence-corrected chi connectivity index (χ0v) is 13.1. The number of rotatable bonds is 7. The molecule has 0 fully saturated rings. The molecule has 1 aromatic carbocycles. The lowest BCUT2D eigenvalue weighted by Crippen LogP contribution is -2.30. The molecule has 0 aliphatic heterocycles. The Morgan fingerprint density at radius 1 is 1.05 bits per heavy atom. The van der Waals surface area contributed by atoms with Crippen molar-refractivity contribution in [1.29, 1.82) is 0 Å². The molecule has 0 saturated heterocycles. The fourth-order valence-electron chi connectivity index (χ4n) is 2.26. The molecule has 1 N–H and O–H groups in total. The molecule has 0 spiro atoms. The van der Waals surface area contributed by atoms with Crippen molar-refractivity contribution in [2.24, 2.45) is 11.8 Å². The van der Waals surface area contributed by atoms with Crippen LogP contribution in [0.3, 0.4) is 0 Å². The third kappa shape index (κ3) is 5.33. The second-order valence-corrected chi connectivity index (χ2v) is 6.28. The van der Waals surface area contributed by atoms with Crippen molar-refractivity contribution in [2.75, 3.05) is 20.2 Å². The molecule has 1 atom stereocenters. The van der Waals surface area contributed by atoms with E-state index < -0.39 is 0 Å². The first-order valence-electron chi connectivity index (χ1n) is 7.32. The molecule has 0 amide bonds. The van der Waals surface area contributed by atoms with Crippen molar-refractivity contribution in [1.82, 2.24) is 4.90 Å². The van der Waals surface area contributed by atoms with Crippen LogP contribution in [-0.2, 0) is 6.54 Å². The van der Waals surface area contributed by atoms with E-state index in [2.05, 4.69) is 63.9 Å². The van der Waals surface area contributed by atoms with Crippen LogP contribution in [0.4, 0.5) is 0 Å². The minimum atomic E-state index is 0.272. The molecule has 19 heavy (non-hydrogen) atoms. The molecular weight excluding hydrogens is 234 g/mol. The minimum Gasteiger partial charge on any atom is -0.396 e. The summed E-state index contributed by atoms with van der Waals surface area (Å²) in [6.07, 6.45) is 0. The van der Waals surface area contributed by atoms with Crippen molar-refractivity contribution in [2.45, 2.75) is 40.2 Å². The Morgan fingerprint density at radius 3 is 2.05 bits per heavy atom. The number of nitrogens with zero attached hydrogens (tertiary/aromatic N) is 1. The molecule has 0 aliphatic rings. The maximum atomic E-state index is 9.38. The SMILES string of the molecule is CC(C)c1ccc(CN(C)CC(CO)C(C)C)cc1. The van der Waals surface area contributed by atoms with Crippen LogP contribution in [-0.4, -0.2) is 30.2 Å². The Balaban J connectivity index is 2.54. The lowest BCUT2D eigenvalue weighted by Gasteiger charge is -2.25. The molecule has 1 aromatic rings. The van der Waals surface area contributed by atoms with Crippen LogP contribution in [0.2, 0.25) is 0 Å². The zero-order chi connectivity index (χ0) is 14.4. The van der Waals surface area contributed by atoms with Gasteiger partial charge in [-0.2, -0.15) is 0 Å². The van der Waals surface area contributed by atoms with E-state index in [9.17, 15) is 5.11 Å². The first kappa shape index (κ1) is 16.2. The molecule has 1 unspecified atom stereocenters. The Bertz CT molecular complexity index is 356. The average Bonchev–Trinajstić information content (AvgIpc) is 2.36. The van der Waals surface area contributed by atoms with Gasteiger partial charge < -0.3 is 10.0 Å². The van der Waals surface area contributed by atoms with Crippen molar-refractivity contribution in [3.05, 3.63) is 35.4 Å². The largest absolute Gasteiger partial charge is 0.396 e. The maximum absolute atomic E-state index is 9.38. The second kappa shape index (κ2) is 7.66. The quantitative estimate of drug-likeness (QED) is 0.814. The Labute approximate surface area is 118 Å². The van der Waals surface area contributed by atoms with E-state index in [4.69, 9.17) is 0 Å². The van der Waals surface area contributed by atoms with Gasteiger partial charge in [0, 0.05) is 19.7 Å². The number of aliphatic hydroxyl groups excluding tert-OH is 1. The van der Waals surface area contributed by atoms with Crippen LogP contribution in [0.1, 0.15) is 44.7 Å². The predicted molar refractivity (Wildman–Crippen MR) is 82.3 cm³/mol. The van der Waals surface area contributed by atoms with Gasteiger partial charge in [-0.3, -0.25) is 0 Å². The highest BCUT2D eigenvalue weighted by molar-refractivity contribution is 5.24. The summed E-state index contributed by atoms with van der Waals surface area (Å²) in [6, 6.07) is 8.88. The van der Waals surface area contributed by atoms with Crippen LogP contribution < -0.4 is 0 Å². The maximum Gasteiger partial charge on any atom is 0.0473 e. The first-order valence-corrected chi connectivity index (χ1v) is 7.32. The van der Waals surface area contributed by atoms with Gasteiger partial charge in [0.05, 0.1) is 0 Å². The standard InChI is InChI=1S/C17H29NO/c1-13(2)16-8-6-15(7-9-16)10-18(5)11-17(12-19)14(3)4/h6-9,13-14,17,19H,10-12H2,1-5H3. The highest BCUT2D eigenvalue weighted by Gasteiger charge is 2.14. The van der Waals surface area contributed by atoms with E-state index in [1.54, 1.807) is 0 Å². The van der Waals surface area contributed by atoms with E-state index >= 15 is 0 Å². The molecule has 0 aliphatic carbocycles. The van der Waals surface area contributed by atoms with Crippen molar-refractivity contribution >= 4 is 0 Å². The second-order valence-electron chi connectivity index (χ2n) is 6.28. The number of hydrogen-bond donors (Lipinski definition) is 1. The zero-order valence-electron chi connectivity index (χ0n) is 13.1. The summed E-state index contributed by atoms with van der Waals surface area (Å²) >= 11 is 0. The predicted octanol–water partition coefficient (Wildman–Crippen LogP) is 3.51. The minimum absolute atomic E-state index is 0.272. The van der Waals surface area contributed by atoms with E-state index in [1.165, 1.54) is 11.1 Å². The van der Waals surface area contributed by atoms with Gasteiger partial charge in [-0.15, -0.1) is 0 Å². The molecule has 0 aromatic heterocycles. The summed E-state index contributed by atoms with van der Waals surface area (Å²) in [5, 5.41) is 9.38. The molecule has 0 heterocycles. The van der Waals surface area contributed by atoms with Crippen molar-refractivity contribution < 1.29 is 5.11 Å². The van der Waals surface area contributed by atoms with Crippen molar-refractivity contribution in [3.8, 4) is 0 Å². The van der Waals surface area contributed by atoms with Gasteiger partial charge in [0.2, 0.25) is 0 Å². The van der Waals surface area contributed by atoms with Crippen LogP contribution in [0, 0.1) is 11.8 Å². The fourth-order valence-corrected chi connectivity index (χ4v) is 2.26. The smallest absolute Gasteiger partial charge is 0.0473 e. The first-order chi connectivity index (χ1) is 8.93. The van der Waals surface area contributed by atoms with E-state index in [0.29, 0.717) is 17.8 Å². The molecule has 0 saturated carbocycles. The molecular formula is C17H29NO. The Hall–Kier alpha value is -0.860. The van der Waals surface area contributed by atoms with E-state index in [-0.39, 0.29) is 6.61 Å². The summed E-state index contributed by atoms with van der Waals surface area (Å²) < 4.78 is 0. The Kier molecular flexibility index (Phi) is 6.53. The topological polar surface area (TPSA) is 23.5 Å². The molecule has 0 bridgehead atoms. The van der Waals surface area contributed by atoms with Crippen LogP contribution in [0.25, 0.3) is 0 Å². The van der Waals surface area contributed by atoms with E-state index in [1.807, 2.05) is 0 Å². The molecule has 2 nitrogen and oxygen atoms in total. The summed E-state index contributed by atoms with van der Waals surface area (Å²) in [6.45, 7) is 10.9. The Morgan fingerprint density at radius 2 is 1.63 bits per heavy atom. The molecule has 1 rings (SSSR count). The van der Waals surface area contributed by atoms with E-state index in [0.717, 1.165) is 13.1 Å². The lowest BCUT2D eigenvalue weighted by atomic mass is 9.96. The number of aliphatic hydroxyl groups is 1. The summed E-state index contributed by atoms with van der Waals surface area (Å²) in [5.41, 5.74) is 2.73. The van der Waals surface area contributed by atoms with Gasteiger partial charge in [-0.25, -0.2) is 0 Å². The molecule has 0 radical (unpaired) electrons. The fraction of sp³-hybridized carbons (Fsp3) is 0.647. The third-order valence-electron chi connectivity index (χ3n) is 3.82. The summed E-state index contributed by atoms with van der Waals surface area (Å²) in [4.78, 5) is 2.30. The summed E-state index contributed by atoms with van der Waals surface area (Å²) in [5.74, 6) is 1.47. The summed E-state index contributed by atoms with van der Waals surface area (Å²) in [7, 11) is 2.13. The molecule has 2 heteroatoms. The van der Waals surface area contributed by atoms with Crippen LogP contribution in [0.15, 0.2) is 24.3 Å². The van der Waals surface area contributed by atoms with Gasteiger partial charge in [0.25, 0.3) is 0 Å².